The summed E-state index contributed by atoms with van der Waals surface area (Å²) in [6.45, 7) is 4.01. The molecular formula is C14H16ClN3O. The van der Waals surface area contributed by atoms with Gasteiger partial charge in [-0.3, -0.25) is 4.98 Å². The number of hydrogen-bond donors (Lipinski definition) is 1. The van der Waals surface area contributed by atoms with Gasteiger partial charge in [-0.15, -0.1) is 0 Å². The van der Waals surface area contributed by atoms with Crippen molar-refractivity contribution >= 4 is 11.6 Å². The third kappa shape index (κ3) is 4.19. The van der Waals surface area contributed by atoms with E-state index in [-0.39, 0.29) is 0 Å². The van der Waals surface area contributed by atoms with Gasteiger partial charge in [0.05, 0.1) is 24.7 Å². The molecule has 1 heterocycles. The molecule has 2 aromatic rings. The summed E-state index contributed by atoms with van der Waals surface area (Å²) in [7, 11) is 0. The molecule has 0 saturated carbocycles. The van der Waals surface area contributed by atoms with Crippen LogP contribution in [0, 0.1) is 0 Å². The van der Waals surface area contributed by atoms with Crippen molar-refractivity contribution in [2.24, 2.45) is 0 Å². The fourth-order valence-corrected chi connectivity index (χ4v) is 1.80. The van der Waals surface area contributed by atoms with E-state index in [1.54, 1.807) is 12.4 Å². The molecular weight excluding hydrogens is 262 g/mol. The maximum Gasteiger partial charge on any atom is 0.147 e. The summed E-state index contributed by atoms with van der Waals surface area (Å²) >= 11 is 5.69. The Bertz CT molecular complexity index is 516. The molecule has 1 N–H and O–H groups in total. The van der Waals surface area contributed by atoms with Gasteiger partial charge in [0.25, 0.3) is 0 Å². The van der Waals surface area contributed by atoms with Gasteiger partial charge >= 0.3 is 0 Å². The van der Waals surface area contributed by atoms with Crippen molar-refractivity contribution in [3.05, 3.63) is 53.1 Å². The summed E-state index contributed by atoms with van der Waals surface area (Å²) < 4.78 is 5.57. The fourth-order valence-electron chi connectivity index (χ4n) is 1.70. The number of aromatic nitrogens is 2. The van der Waals surface area contributed by atoms with Crippen molar-refractivity contribution in [2.75, 3.05) is 6.61 Å². The summed E-state index contributed by atoms with van der Waals surface area (Å²) in [6, 6.07) is 7.99. The molecule has 1 aromatic heterocycles. The molecule has 4 nitrogen and oxygen atoms in total. The lowest BCUT2D eigenvalue weighted by Crippen LogP contribution is -2.14. The minimum absolute atomic E-state index is 0.408. The van der Waals surface area contributed by atoms with Crippen molar-refractivity contribution in [2.45, 2.75) is 20.0 Å². The van der Waals surface area contributed by atoms with Gasteiger partial charge in [-0.05, 0) is 13.0 Å². The van der Waals surface area contributed by atoms with Crippen LogP contribution in [0.1, 0.15) is 18.2 Å². The zero-order valence-corrected chi connectivity index (χ0v) is 11.5. The van der Waals surface area contributed by atoms with Crippen LogP contribution in [-0.2, 0) is 13.1 Å². The Morgan fingerprint density at radius 1 is 1.16 bits per heavy atom. The number of rotatable bonds is 6. The zero-order chi connectivity index (χ0) is 13.5. The van der Waals surface area contributed by atoms with Crippen molar-refractivity contribution in [1.82, 2.24) is 15.3 Å². The molecule has 0 aliphatic rings. The summed E-state index contributed by atoms with van der Waals surface area (Å²) in [4.78, 5) is 8.17. The Kier molecular flexibility index (Phi) is 5.12. The number of ether oxygens (including phenoxy) is 1. The van der Waals surface area contributed by atoms with E-state index in [1.807, 2.05) is 31.2 Å². The molecule has 0 amide bonds. The van der Waals surface area contributed by atoms with Crippen molar-refractivity contribution < 1.29 is 4.74 Å². The molecule has 0 aliphatic heterocycles. The fraction of sp³-hybridized carbons (Fsp3) is 0.286. The maximum atomic E-state index is 5.69. The largest absolute Gasteiger partial charge is 0.494 e. The first-order valence-corrected chi connectivity index (χ1v) is 6.55. The number of nitrogens with one attached hydrogen (secondary N) is 1. The Morgan fingerprint density at radius 3 is 2.74 bits per heavy atom. The van der Waals surface area contributed by atoms with Crippen LogP contribution in [-0.4, -0.2) is 16.6 Å². The highest BCUT2D eigenvalue weighted by Crippen LogP contribution is 2.17. The van der Waals surface area contributed by atoms with Gasteiger partial charge in [-0.2, -0.15) is 0 Å². The molecule has 2 rings (SSSR count). The highest BCUT2D eigenvalue weighted by atomic mass is 35.5. The predicted octanol–water partition coefficient (Wildman–Crippen LogP) is 2.82. The SMILES string of the molecule is CCOc1ccccc1CNCc1cnc(Cl)cn1. The Morgan fingerprint density at radius 2 is 2.00 bits per heavy atom. The number of hydrogen-bond acceptors (Lipinski definition) is 4. The molecule has 0 spiro atoms. The number of para-hydroxylation sites is 1. The molecule has 0 atom stereocenters. The van der Waals surface area contributed by atoms with Gasteiger partial charge in [-0.25, -0.2) is 4.98 Å². The highest BCUT2D eigenvalue weighted by Gasteiger charge is 2.02. The lowest BCUT2D eigenvalue weighted by atomic mass is 10.2. The highest BCUT2D eigenvalue weighted by molar-refractivity contribution is 6.29. The normalized spacial score (nSPS) is 10.4. The predicted molar refractivity (Wildman–Crippen MR) is 75.2 cm³/mol. The van der Waals surface area contributed by atoms with Gasteiger partial charge in [0, 0.05) is 18.7 Å². The zero-order valence-electron chi connectivity index (χ0n) is 10.8. The first-order valence-electron chi connectivity index (χ1n) is 6.17. The number of benzene rings is 1. The van der Waals surface area contributed by atoms with Crippen molar-refractivity contribution in [3.63, 3.8) is 0 Å². The summed E-state index contributed by atoms with van der Waals surface area (Å²) in [5.74, 6) is 0.916. The number of halogens is 1. The molecule has 0 bridgehead atoms. The molecule has 100 valence electrons. The first-order chi connectivity index (χ1) is 9.29. The van der Waals surface area contributed by atoms with Crippen LogP contribution in [0.2, 0.25) is 5.15 Å². The lowest BCUT2D eigenvalue weighted by molar-refractivity contribution is 0.335. The second-order valence-electron chi connectivity index (χ2n) is 3.97. The molecule has 5 heteroatoms. The topological polar surface area (TPSA) is 47.0 Å². The van der Waals surface area contributed by atoms with E-state index in [4.69, 9.17) is 16.3 Å². The van der Waals surface area contributed by atoms with Crippen LogP contribution in [0.4, 0.5) is 0 Å². The van der Waals surface area contributed by atoms with Gasteiger partial charge in [0.1, 0.15) is 10.9 Å². The van der Waals surface area contributed by atoms with Crippen molar-refractivity contribution in [1.29, 1.82) is 0 Å². The van der Waals surface area contributed by atoms with Crippen LogP contribution in [0.25, 0.3) is 0 Å². The minimum atomic E-state index is 0.408. The third-order valence-corrected chi connectivity index (χ3v) is 2.76. The standard InChI is InChI=1S/C14H16ClN3O/c1-2-19-13-6-4-3-5-11(13)7-16-8-12-9-18-14(15)10-17-12/h3-6,9-10,16H,2,7-8H2,1H3. The second-order valence-corrected chi connectivity index (χ2v) is 4.36. The van der Waals surface area contributed by atoms with Gasteiger partial charge in [0.15, 0.2) is 0 Å². The molecule has 0 unspecified atom stereocenters. The lowest BCUT2D eigenvalue weighted by Gasteiger charge is -2.10. The van der Waals surface area contributed by atoms with Crippen LogP contribution < -0.4 is 10.1 Å². The van der Waals surface area contributed by atoms with E-state index >= 15 is 0 Å². The van der Waals surface area contributed by atoms with E-state index in [0.717, 1.165) is 23.6 Å². The summed E-state index contributed by atoms with van der Waals surface area (Å²) in [5, 5.41) is 3.72. The van der Waals surface area contributed by atoms with E-state index in [2.05, 4.69) is 15.3 Å². The van der Waals surface area contributed by atoms with Crippen LogP contribution in [0.3, 0.4) is 0 Å². The molecule has 0 fully saturated rings. The van der Waals surface area contributed by atoms with Gasteiger partial charge < -0.3 is 10.1 Å². The van der Waals surface area contributed by atoms with Crippen LogP contribution in [0.5, 0.6) is 5.75 Å². The average Bonchev–Trinajstić information content (AvgIpc) is 2.43. The quantitative estimate of drug-likeness (QED) is 0.882. The summed E-state index contributed by atoms with van der Waals surface area (Å²) in [5.41, 5.74) is 1.99. The molecule has 1 aromatic carbocycles. The van der Waals surface area contributed by atoms with E-state index in [0.29, 0.717) is 18.3 Å². The minimum Gasteiger partial charge on any atom is -0.494 e. The van der Waals surface area contributed by atoms with Gasteiger partial charge in [0.2, 0.25) is 0 Å². The van der Waals surface area contributed by atoms with Gasteiger partial charge in [-0.1, -0.05) is 29.8 Å². The second kappa shape index (κ2) is 7.07. The smallest absolute Gasteiger partial charge is 0.147 e. The van der Waals surface area contributed by atoms with Crippen LogP contribution >= 0.6 is 11.6 Å². The third-order valence-electron chi connectivity index (χ3n) is 2.57. The first kappa shape index (κ1) is 13.8. The molecule has 0 radical (unpaired) electrons. The summed E-state index contributed by atoms with van der Waals surface area (Å²) in [6.07, 6.45) is 3.22. The number of nitrogens with zero attached hydrogens (tertiary/aromatic N) is 2. The monoisotopic (exact) mass is 277 g/mol. The molecule has 0 saturated heterocycles. The van der Waals surface area contributed by atoms with Crippen LogP contribution in [0.15, 0.2) is 36.7 Å². The Labute approximate surface area is 117 Å². The average molecular weight is 278 g/mol. The van der Waals surface area contributed by atoms with E-state index in [1.165, 1.54) is 0 Å². The van der Waals surface area contributed by atoms with Crippen molar-refractivity contribution in [3.8, 4) is 5.75 Å². The van der Waals surface area contributed by atoms with E-state index in [9.17, 15) is 0 Å². The Hall–Kier alpha value is -1.65. The van der Waals surface area contributed by atoms with E-state index < -0.39 is 0 Å². The molecule has 0 aliphatic carbocycles. The maximum absolute atomic E-state index is 5.69. The molecule has 19 heavy (non-hydrogen) atoms. The Balaban J connectivity index is 1.90.